The van der Waals surface area contributed by atoms with Crippen molar-refractivity contribution in [2.45, 2.75) is 19.0 Å². The van der Waals surface area contributed by atoms with Gasteiger partial charge in [-0.1, -0.05) is 0 Å². The van der Waals surface area contributed by atoms with Crippen LogP contribution in [0.5, 0.6) is 0 Å². The number of ketones is 1. The molecule has 30 heavy (non-hydrogen) atoms. The Bertz CT molecular complexity index is 1000. The van der Waals surface area contributed by atoms with Crippen LogP contribution in [0.3, 0.4) is 0 Å². The number of nitrogens with zero attached hydrogens (tertiary/aromatic N) is 2. The number of carbonyl (C=O) groups is 2. The molecule has 0 bridgehead atoms. The van der Waals surface area contributed by atoms with Crippen molar-refractivity contribution in [1.82, 2.24) is 10.2 Å². The lowest BCUT2D eigenvalue weighted by Gasteiger charge is -2.42. The van der Waals surface area contributed by atoms with Crippen LogP contribution in [0.1, 0.15) is 6.92 Å². The summed E-state index contributed by atoms with van der Waals surface area (Å²) in [5.74, 6) is -5.72. The van der Waals surface area contributed by atoms with Gasteiger partial charge in [-0.3, -0.25) is 4.79 Å². The van der Waals surface area contributed by atoms with Gasteiger partial charge in [-0.2, -0.15) is 0 Å². The minimum absolute atomic E-state index is 0.0994. The van der Waals surface area contributed by atoms with Crippen LogP contribution in [0.4, 0.5) is 18.9 Å². The highest BCUT2D eigenvalue weighted by molar-refractivity contribution is 6.19. The summed E-state index contributed by atoms with van der Waals surface area (Å²) in [6, 6.07) is 2.17. The molecule has 0 aromatic heterocycles. The largest absolute Gasteiger partial charge is 0.478 e. The number of hydrogen-bond acceptors (Lipinski definition) is 5. The Labute approximate surface area is 171 Å². The van der Waals surface area contributed by atoms with E-state index in [2.05, 4.69) is 5.32 Å². The molecule has 1 aliphatic carbocycles. The van der Waals surface area contributed by atoms with E-state index < -0.39 is 46.7 Å². The fourth-order valence-corrected chi connectivity index (χ4v) is 4.13. The van der Waals surface area contributed by atoms with Crippen LogP contribution in [-0.2, 0) is 9.59 Å². The third-order valence-electron chi connectivity index (χ3n) is 5.55. The Morgan fingerprint density at radius 1 is 1.23 bits per heavy atom. The smallest absolute Gasteiger partial charge is 0.340 e. The summed E-state index contributed by atoms with van der Waals surface area (Å²) in [6.07, 6.45) is 3.65. The molecule has 1 saturated heterocycles. The lowest BCUT2D eigenvalue weighted by atomic mass is 9.82. The van der Waals surface area contributed by atoms with Crippen LogP contribution in [0.2, 0.25) is 0 Å². The molecule has 2 aliphatic heterocycles. The maximum absolute atomic E-state index is 15.0. The lowest BCUT2D eigenvalue weighted by Crippen LogP contribution is -2.51. The van der Waals surface area contributed by atoms with Crippen LogP contribution in [0, 0.1) is 17.6 Å². The molecule has 0 radical (unpaired) electrons. The van der Waals surface area contributed by atoms with Crippen LogP contribution in [0.25, 0.3) is 0 Å². The highest BCUT2D eigenvalue weighted by Crippen LogP contribution is 2.38. The van der Waals surface area contributed by atoms with Gasteiger partial charge in [-0.25, -0.2) is 18.0 Å². The summed E-state index contributed by atoms with van der Waals surface area (Å²) < 4.78 is 42.9. The van der Waals surface area contributed by atoms with E-state index in [1.54, 1.807) is 0 Å². The molecule has 0 saturated carbocycles. The van der Waals surface area contributed by atoms with Gasteiger partial charge in [0.25, 0.3) is 0 Å². The van der Waals surface area contributed by atoms with Gasteiger partial charge in [-0.05, 0) is 31.2 Å². The number of fused-ring (bicyclic) bond motifs is 1. The SMILES string of the molecule is CC1CN(C2=CC3C(C=C2F)C(=O)C(C(=O)O)=CN3c2ccc(F)cc2F)CCN1. The number of aliphatic carboxylic acids is 1. The van der Waals surface area contributed by atoms with E-state index in [4.69, 9.17) is 0 Å². The first-order chi connectivity index (χ1) is 14.3. The second-order valence-corrected chi connectivity index (χ2v) is 7.60. The first-order valence-electron chi connectivity index (χ1n) is 9.57. The third-order valence-corrected chi connectivity index (χ3v) is 5.55. The third kappa shape index (κ3) is 3.49. The van der Waals surface area contributed by atoms with E-state index in [9.17, 15) is 27.9 Å². The van der Waals surface area contributed by atoms with Gasteiger partial charge in [0.2, 0.25) is 0 Å². The van der Waals surface area contributed by atoms with E-state index >= 15 is 0 Å². The standard InChI is InChI=1S/C21H20F3N3O3/c1-11-9-26(5-4-25-11)19-8-18-13(7-16(19)24)20(28)14(21(29)30)10-27(18)17-3-2-12(22)6-15(17)23/h2-3,6-8,10-11,13,18,25H,4-5,9H2,1H3,(H,29,30). The van der Waals surface area contributed by atoms with Gasteiger partial charge in [-0.15, -0.1) is 0 Å². The minimum Gasteiger partial charge on any atom is -0.478 e. The van der Waals surface area contributed by atoms with Gasteiger partial charge >= 0.3 is 5.97 Å². The summed E-state index contributed by atoms with van der Waals surface area (Å²) >= 11 is 0. The number of nitrogens with one attached hydrogen (secondary N) is 1. The lowest BCUT2D eigenvalue weighted by molar-refractivity contribution is -0.135. The van der Waals surface area contributed by atoms with Gasteiger partial charge < -0.3 is 20.2 Å². The number of carboxylic acids is 1. The van der Waals surface area contributed by atoms with Gasteiger partial charge in [0.15, 0.2) is 5.78 Å². The number of halogens is 3. The summed E-state index contributed by atoms with van der Waals surface area (Å²) in [4.78, 5) is 27.4. The maximum Gasteiger partial charge on any atom is 0.340 e. The van der Waals surface area contributed by atoms with Crippen LogP contribution < -0.4 is 10.2 Å². The van der Waals surface area contributed by atoms with Crippen LogP contribution in [-0.4, -0.2) is 53.5 Å². The van der Waals surface area contributed by atoms with Crippen molar-refractivity contribution in [3.05, 3.63) is 65.3 Å². The zero-order valence-electron chi connectivity index (χ0n) is 16.1. The van der Waals surface area contributed by atoms with E-state index in [-0.39, 0.29) is 17.4 Å². The minimum atomic E-state index is -1.49. The van der Waals surface area contributed by atoms with Crippen molar-refractivity contribution in [2.24, 2.45) is 5.92 Å². The molecule has 2 heterocycles. The van der Waals surface area contributed by atoms with Crippen molar-refractivity contribution in [3.8, 4) is 0 Å². The number of rotatable bonds is 3. The Hall–Kier alpha value is -3.07. The van der Waals surface area contributed by atoms with Crippen molar-refractivity contribution in [2.75, 3.05) is 24.5 Å². The zero-order chi connectivity index (χ0) is 21.6. The van der Waals surface area contributed by atoms with E-state index in [0.29, 0.717) is 25.7 Å². The number of carbonyl (C=O) groups excluding carboxylic acids is 1. The number of carboxylic acid groups (broad SMARTS) is 1. The van der Waals surface area contributed by atoms with Gasteiger partial charge in [0.1, 0.15) is 23.0 Å². The molecule has 1 fully saturated rings. The number of allylic oxidation sites excluding steroid dienone is 1. The van der Waals surface area contributed by atoms with Crippen molar-refractivity contribution in [3.63, 3.8) is 0 Å². The normalized spacial score (nSPS) is 26.6. The molecule has 1 aromatic rings. The molecule has 0 amide bonds. The van der Waals surface area contributed by atoms with Crippen LogP contribution in [0.15, 0.2) is 53.6 Å². The molecule has 4 rings (SSSR count). The molecule has 158 valence electrons. The maximum atomic E-state index is 15.0. The van der Waals surface area contributed by atoms with E-state index in [1.165, 1.54) is 17.0 Å². The average molecular weight is 419 g/mol. The quantitative estimate of drug-likeness (QED) is 0.733. The topological polar surface area (TPSA) is 72.9 Å². The highest BCUT2D eigenvalue weighted by atomic mass is 19.1. The first kappa shape index (κ1) is 20.2. The highest BCUT2D eigenvalue weighted by Gasteiger charge is 2.43. The molecule has 9 heteroatoms. The summed E-state index contributed by atoms with van der Waals surface area (Å²) in [6.45, 7) is 3.70. The number of benzene rings is 1. The summed E-state index contributed by atoms with van der Waals surface area (Å²) in [5, 5.41) is 12.7. The van der Waals surface area contributed by atoms with Gasteiger partial charge in [0.05, 0.1) is 23.3 Å². The molecule has 6 nitrogen and oxygen atoms in total. The monoisotopic (exact) mass is 419 g/mol. The summed E-state index contributed by atoms with van der Waals surface area (Å²) in [5.41, 5.74) is -0.411. The van der Waals surface area contributed by atoms with Gasteiger partial charge in [0, 0.05) is 37.9 Å². The zero-order valence-corrected chi connectivity index (χ0v) is 16.1. The molecule has 3 aliphatic rings. The predicted molar refractivity (Wildman–Crippen MR) is 103 cm³/mol. The number of anilines is 1. The van der Waals surface area contributed by atoms with E-state index in [1.807, 2.05) is 11.8 Å². The second-order valence-electron chi connectivity index (χ2n) is 7.60. The Morgan fingerprint density at radius 2 is 2.00 bits per heavy atom. The molecule has 1 aromatic carbocycles. The Balaban J connectivity index is 1.81. The predicted octanol–water partition coefficient (Wildman–Crippen LogP) is 2.35. The molecule has 3 atom stereocenters. The summed E-state index contributed by atoms with van der Waals surface area (Å²) in [7, 11) is 0. The molecule has 3 unspecified atom stereocenters. The number of Topliss-reactive ketones (excluding diaryl/α,β-unsaturated/α-hetero) is 1. The van der Waals surface area contributed by atoms with Crippen molar-refractivity contribution >= 4 is 17.4 Å². The van der Waals surface area contributed by atoms with Crippen molar-refractivity contribution in [1.29, 1.82) is 0 Å². The Morgan fingerprint density at radius 3 is 2.67 bits per heavy atom. The van der Waals surface area contributed by atoms with E-state index in [0.717, 1.165) is 18.3 Å². The molecule has 2 N–H and O–H groups in total. The number of hydrogen-bond donors (Lipinski definition) is 2. The number of piperazine rings is 1. The first-order valence-corrected chi connectivity index (χ1v) is 9.57. The molecular formula is C21H20F3N3O3. The second kappa shape index (κ2) is 7.64. The Kier molecular flexibility index (Phi) is 5.15. The molecule has 0 spiro atoms. The fourth-order valence-electron chi connectivity index (χ4n) is 4.13. The van der Waals surface area contributed by atoms with Crippen LogP contribution >= 0.6 is 0 Å². The molecular weight excluding hydrogens is 399 g/mol. The van der Waals surface area contributed by atoms with Crippen molar-refractivity contribution < 1.29 is 27.9 Å². The fraction of sp³-hybridized carbons (Fsp3) is 0.333. The average Bonchev–Trinajstić information content (AvgIpc) is 2.68.